The standard InChI is InChI=1S/C11H13N3O3/c12-10(14-16)7-2-1-3-8(4-7)11(15)13-9-5-17-6-9/h1-4,9,16H,5-6H2,(H2,12,14)(H,13,15). The van der Waals surface area contributed by atoms with Crippen LogP contribution in [0.15, 0.2) is 29.4 Å². The molecular weight excluding hydrogens is 222 g/mol. The Labute approximate surface area is 98.1 Å². The molecule has 1 heterocycles. The molecule has 1 saturated heterocycles. The Hall–Kier alpha value is -2.08. The topological polar surface area (TPSA) is 96.9 Å². The average Bonchev–Trinajstić information content (AvgIpc) is 2.32. The first-order valence-electron chi connectivity index (χ1n) is 5.17. The van der Waals surface area contributed by atoms with E-state index in [1.165, 1.54) is 0 Å². The summed E-state index contributed by atoms with van der Waals surface area (Å²) >= 11 is 0. The molecule has 4 N–H and O–H groups in total. The molecule has 0 saturated carbocycles. The Morgan fingerprint density at radius 1 is 1.47 bits per heavy atom. The smallest absolute Gasteiger partial charge is 0.251 e. The van der Waals surface area contributed by atoms with Crippen LogP contribution in [-0.2, 0) is 4.74 Å². The molecular formula is C11H13N3O3. The van der Waals surface area contributed by atoms with Crippen LogP contribution in [0, 0.1) is 0 Å². The molecule has 1 aromatic carbocycles. The van der Waals surface area contributed by atoms with Crippen LogP contribution in [0.5, 0.6) is 0 Å². The van der Waals surface area contributed by atoms with Gasteiger partial charge in [-0.3, -0.25) is 4.79 Å². The van der Waals surface area contributed by atoms with Crippen molar-refractivity contribution >= 4 is 11.7 Å². The molecule has 6 heteroatoms. The molecule has 17 heavy (non-hydrogen) atoms. The summed E-state index contributed by atoms with van der Waals surface area (Å²) in [4.78, 5) is 11.8. The minimum absolute atomic E-state index is 0.0216. The van der Waals surface area contributed by atoms with Crippen molar-refractivity contribution < 1.29 is 14.7 Å². The van der Waals surface area contributed by atoms with E-state index in [-0.39, 0.29) is 17.8 Å². The summed E-state index contributed by atoms with van der Waals surface area (Å²) in [6.07, 6.45) is 0. The van der Waals surface area contributed by atoms with Gasteiger partial charge in [-0.05, 0) is 12.1 Å². The van der Waals surface area contributed by atoms with Crippen molar-refractivity contribution in [1.82, 2.24) is 5.32 Å². The molecule has 1 aromatic rings. The van der Waals surface area contributed by atoms with Gasteiger partial charge in [0, 0.05) is 11.1 Å². The third-order valence-corrected chi connectivity index (χ3v) is 2.50. The highest BCUT2D eigenvalue weighted by molar-refractivity contribution is 6.01. The van der Waals surface area contributed by atoms with Gasteiger partial charge in [-0.2, -0.15) is 0 Å². The minimum atomic E-state index is -0.189. The SMILES string of the molecule is NC(=NO)c1cccc(C(=O)NC2COC2)c1. The molecule has 1 amide bonds. The van der Waals surface area contributed by atoms with Gasteiger partial charge in [0.2, 0.25) is 0 Å². The van der Waals surface area contributed by atoms with E-state index in [0.717, 1.165) is 0 Å². The number of carbonyl (C=O) groups excluding carboxylic acids is 1. The van der Waals surface area contributed by atoms with Crippen molar-refractivity contribution in [3.05, 3.63) is 35.4 Å². The van der Waals surface area contributed by atoms with Crippen LogP contribution in [-0.4, -0.2) is 36.2 Å². The Balaban J connectivity index is 2.11. The second kappa shape index (κ2) is 4.84. The van der Waals surface area contributed by atoms with E-state index in [0.29, 0.717) is 24.3 Å². The average molecular weight is 235 g/mol. The molecule has 1 aliphatic rings. The molecule has 1 aliphatic heterocycles. The van der Waals surface area contributed by atoms with Crippen molar-refractivity contribution in [2.24, 2.45) is 10.9 Å². The predicted molar refractivity (Wildman–Crippen MR) is 61.0 cm³/mol. The van der Waals surface area contributed by atoms with Crippen molar-refractivity contribution in [1.29, 1.82) is 0 Å². The third kappa shape index (κ3) is 2.54. The molecule has 0 unspecified atom stereocenters. The number of amidine groups is 1. The predicted octanol–water partition coefficient (Wildman–Crippen LogP) is -0.0903. The van der Waals surface area contributed by atoms with E-state index in [4.69, 9.17) is 15.7 Å². The van der Waals surface area contributed by atoms with Crippen LogP contribution < -0.4 is 11.1 Å². The first kappa shape index (κ1) is 11.4. The lowest BCUT2D eigenvalue weighted by Gasteiger charge is -2.26. The molecule has 0 radical (unpaired) electrons. The molecule has 0 aliphatic carbocycles. The summed E-state index contributed by atoms with van der Waals surface area (Å²) in [5.74, 6) is -0.211. The summed E-state index contributed by atoms with van der Waals surface area (Å²) in [5, 5.41) is 14.3. The summed E-state index contributed by atoms with van der Waals surface area (Å²) in [5.41, 5.74) is 6.43. The fourth-order valence-corrected chi connectivity index (χ4v) is 1.47. The lowest BCUT2D eigenvalue weighted by atomic mass is 10.1. The second-order valence-corrected chi connectivity index (χ2v) is 3.77. The monoisotopic (exact) mass is 235 g/mol. The highest BCUT2D eigenvalue weighted by atomic mass is 16.5. The molecule has 2 rings (SSSR count). The van der Waals surface area contributed by atoms with Crippen LogP contribution in [0.4, 0.5) is 0 Å². The molecule has 6 nitrogen and oxygen atoms in total. The molecule has 0 spiro atoms. The number of nitrogens with one attached hydrogen (secondary N) is 1. The first-order chi connectivity index (χ1) is 8.20. The van der Waals surface area contributed by atoms with Gasteiger partial charge in [-0.15, -0.1) is 0 Å². The highest BCUT2D eigenvalue weighted by Crippen LogP contribution is 2.07. The number of oxime groups is 1. The van der Waals surface area contributed by atoms with Crippen LogP contribution in [0.1, 0.15) is 15.9 Å². The van der Waals surface area contributed by atoms with Crippen LogP contribution in [0.3, 0.4) is 0 Å². The Bertz CT molecular complexity index is 455. The number of benzene rings is 1. The van der Waals surface area contributed by atoms with Crippen molar-refractivity contribution in [3.8, 4) is 0 Å². The molecule has 90 valence electrons. The lowest BCUT2D eigenvalue weighted by Crippen LogP contribution is -2.48. The van der Waals surface area contributed by atoms with E-state index < -0.39 is 0 Å². The van der Waals surface area contributed by atoms with E-state index in [9.17, 15) is 4.79 Å². The van der Waals surface area contributed by atoms with Crippen molar-refractivity contribution in [2.45, 2.75) is 6.04 Å². The van der Waals surface area contributed by atoms with Crippen LogP contribution >= 0.6 is 0 Å². The summed E-state index contributed by atoms with van der Waals surface area (Å²) in [6, 6.07) is 6.67. The summed E-state index contributed by atoms with van der Waals surface area (Å²) < 4.78 is 4.96. The number of hydrogen-bond donors (Lipinski definition) is 3. The molecule has 0 atom stereocenters. The van der Waals surface area contributed by atoms with Crippen molar-refractivity contribution in [3.63, 3.8) is 0 Å². The van der Waals surface area contributed by atoms with Gasteiger partial charge in [-0.25, -0.2) is 0 Å². The number of amides is 1. The van der Waals surface area contributed by atoms with E-state index in [2.05, 4.69) is 10.5 Å². The normalized spacial score (nSPS) is 16.4. The maximum absolute atomic E-state index is 11.8. The largest absolute Gasteiger partial charge is 0.409 e. The third-order valence-electron chi connectivity index (χ3n) is 2.50. The fraction of sp³-hybridized carbons (Fsp3) is 0.273. The summed E-state index contributed by atoms with van der Waals surface area (Å²) in [7, 11) is 0. The number of carbonyl (C=O) groups is 1. The van der Waals surface area contributed by atoms with Crippen molar-refractivity contribution in [2.75, 3.05) is 13.2 Å². The molecule has 0 bridgehead atoms. The van der Waals surface area contributed by atoms with Crippen LogP contribution in [0.2, 0.25) is 0 Å². The minimum Gasteiger partial charge on any atom is -0.409 e. The lowest BCUT2D eigenvalue weighted by molar-refractivity contribution is -0.00346. The zero-order valence-corrected chi connectivity index (χ0v) is 9.09. The Kier molecular flexibility index (Phi) is 3.24. The zero-order chi connectivity index (χ0) is 12.3. The summed E-state index contributed by atoms with van der Waals surface area (Å²) in [6.45, 7) is 1.09. The maximum Gasteiger partial charge on any atom is 0.251 e. The van der Waals surface area contributed by atoms with Gasteiger partial charge in [0.1, 0.15) is 0 Å². The van der Waals surface area contributed by atoms with Gasteiger partial charge in [-0.1, -0.05) is 17.3 Å². The highest BCUT2D eigenvalue weighted by Gasteiger charge is 2.21. The number of ether oxygens (including phenoxy) is 1. The second-order valence-electron chi connectivity index (χ2n) is 3.77. The van der Waals surface area contributed by atoms with Gasteiger partial charge in [0.25, 0.3) is 5.91 Å². The fourth-order valence-electron chi connectivity index (χ4n) is 1.47. The van der Waals surface area contributed by atoms with Gasteiger partial charge in [0.15, 0.2) is 5.84 Å². The first-order valence-corrected chi connectivity index (χ1v) is 5.17. The quantitative estimate of drug-likeness (QED) is 0.295. The molecule has 0 aromatic heterocycles. The van der Waals surface area contributed by atoms with E-state index in [1.807, 2.05) is 0 Å². The number of nitrogens with two attached hydrogens (primary N) is 1. The number of hydrogen-bond acceptors (Lipinski definition) is 4. The van der Waals surface area contributed by atoms with Gasteiger partial charge >= 0.3 is 0 Å². The van der Waals surface area contributed by atoms with E-state index in [1.54, 1.807) is 24.3 Å². The van der Waals surface area contributed by atoms with Gasteiger partial charge < -0.3 is 21.0 Å². The van der Waals surface area contributed by atoms with Gasteiger partial charge in [0.05, 0.1) is 19.3 Å². The van der Waals surface area contributed by atoms with E-state index >= 15 is 0 Å². The Morgan fingerprint density at radius 2 is 2.18 bits per heavy atom. The molecule has 1 fully saturated rings. The Morgan fingerprint density at radius 3 is 2.76 bits per heavy atom. The number of rotatable bonds is 3. The maximum atomic E-state index is 11.8. The number of nitrogens with zero attached hydrogens (tertiary/aromatic N) is 1. The zero-order valence-electron chi connectivity index (χ0n) is 9.09. The van der Waals surface area contributed by atoms with Crippen LogP contribution in [0.25, 0.3) is 0 Å².